The normalized spacial score (nSPS) is 10.2. The van der Waals surface area contributed by atoms with Crippen LogP contribution in [0.15, 0.2) is 103 Å². The van der Waals surface area contributed by atoms with Crippen LogP contribution in [-0.4, -0.2) is 37.1 Å². The van der Waals surface area contributed by atoms with Crippen LogP contribution in [0, 0.1) is 0 Å². The molecule has 0 atom stereocenters. The van der Waals surface area contributed by atoms with E-state index in [0.717, 1.165) is 16.7 Å². The van der Waals surface area contributed by atoms with E-state index in [4.69, 9.17) is 18.9 Å². The third-order valence-corrected chi connectivity index (χ3v) is 5.62. The Bertz CT molecular complexity index is 1510. The summed E-state index contributed by atoms with van der Waals surface area (Å²) in [5.41, 5.74) is 4.06. The maximum atomic E-state index is 12.7. The predicted molar refractivity (Wildman–Crippen MR) is 154 cm³/mol. The molecule has 0 N–H and O–H groups in total. The summed E-state index contributed by atoms with van der Waals surface area (Å²) in [5, 5.41) is 0. The van der Waals surface area contributed by atoms with Crippen molar-refractivity contribution in [2.75, 3.05) is 13.2 Å². The first-order valence-corrected chi connectivity index (χ1v) is 12.6. The van der Waals surface area contributed by atoms with Gasteiger partial charge in [-0.05, 0) is 67.3 Å². The maximum absolute atomic E-state index is 12.7. The Balaban J connectivity index is 1.78. The highest BCUT2D eigenvalue weighted by atomic mass is 16.6. The molecule has 3 aromatic rings. The van der Waals surface area contributed by atoms with Gasteiger partial charge < -0.3 is 18.9 Å². The number of rotatable bonds is 11. The van der Waals surface area contributed by atoms with E-state index in [9.17, 15) is 19.2 Å². The highest BCUT2D eigenvalue weighted by molar-refractivity contribution is 5.96. The minimum Gasteiger partial charge on any atom is -0.459 e. The summed E-state index contributed by atoms with van der Waals surface area (Å²) < 4.78 is 20.8. The van der Waals surface area contributed by atoms with Gasteiger partial charge in [-0.3, -0.25) is 0 Å². The first-order chi connectivity index (χ1) is 19.5. The fraction of sp³-hybridized carbons (Fsp3) is 0.152. The van der Waals surface area contributed by atoms with Gasteiger partial charge in [0, 0.05) is 16.7 Å². The van der Waals surface area contributed by atoms with Crippen LogP contribution in [0.5, 0.6) is 11.5 Å². The van der Waals surface area contributed by atoms with Gasteiger partial charge in [0.25, 0.3) is 0 Å². The molecular formula is C33H30O8. The van der Waals surface area contributed by atoms with Crippen molar-refractivity contribution in [2.24, 2.45) is 0 Å². The molecule has 0 aliphatic heterocycles. The first kappa shape index (κ1) is 30.3. The number of esters is 4. The van der Waals surface area contributed by atoms with Crippen LogP contribution in [0.4, 0.5) is 0 Å². The Morgan fingerprint density at radius 1 is 0.561 bits per heavy atom. The van der Waals surface area contributed by atoms with E-state index in [1.165, 1.54) is 19.9 Å². The lowest BCUT2D eigenvalue weighted by Gasteiger charge is -2.13. The molecule has 0 heterocycles. The smallest absolute Gasteiger partial charge is 0.342 e. The first-order valence-electron chi connectivity index (χ1n) is 12.6. The summed E-state index contributed by atoms with van der Waals surface area (Å²) in [6.45, 7) is 14.9. The van der Waals surface area contributed by atoms with E-state index in [0.29, 0.717) is 16.9 Å². The zero-order valence-corrected chi connectivity index (χ0v) is 23.2. The average Bonchev–Trinajstić information content (AvgIpc) is 2.95. The second-order valence-electron chi connectivity index (χ2n) is 9.20. The molecule has 3 aromatic carbocycles. The summed E-state index contributed by atoms with van der Waals surface area (Å²) in [6, 6.07) is 19.5. The molecule has 3 rings (SSSR count). The zero-order valence-electron chi connectivity index (χ0n) is 23.2. The fourth-order valence-electron chi connectivity index (χ4n) is 3.38. The SMILES string of the molecule is C=C(C)C(=O)OCCOC(=O)c1ccc(-c2ccc(-c3ccc(OC(=O)C(=C)C)cc3)cc2)cc1OC(=O)C(=C)C. The quantitative estimate of drug-likeness (QED) is 0.118. The van der Waals surface area contributed by atoms with Gasteiger partial charge in [-0.25, -0.2) is 19.2 Å². The van der Waals surface area contributed by atoms with Crippen LogP contribution >= 0.6 is 0 Å². The molecule has 0 spiro atoms. The molecule has 0 radical (unpaired) electrons. The molecule has 0 saturated carbocycles. The van der Waals surface area contributed by atoms with Gasteiger partial charge in [-0.1, -0.05) is 62.2 Å². The molecular weight excluding hydrogens is 524 g/mol. The molecule has 0 unspecified atom stereocenters. The Labute approximate surface area is 238 Å². The number of ether oxygens (including phenoxy) is 4. The molecule has 0 fully saturated rings. The summed E-state index contributed by atoms with van der Waals surface area (Å²) in [6.07, 6.45) is 0. The van der Waals surface area contributed by atoms with E-state index in [2.05, 4.69) is 19.7 Å². The number of hydrogen-bond acceptors (Lipinski definition) is 8. The number of benzene rings is 3. The predicted octanol–water partition coefficient (Wildman–Crippen LogP) is 6.26. The van der Waals surface area contributed by atoms with Gasteiger partial charge in [-0.15, -0.1) is 0 Å². The van der Waals surface area contributed by atoms with Crippen LogP contribution in [0.25, 0.3) is 22.3 Å². The fourth-order valence-corrected chi connectivity index (χ4v) is 3.38. The van der Waals surface area contributed by atoms with Crippen LogP contribution in [0.3, 0.4) is 0 Å². The zero-order chi connectivity index (χ0) is 30.1. The van der Waals surface area contributed by atoms with Crippen molar-refractivity contribution in [1.29, 1.82) is 0 Å². The monoisotopic (exact) mass is 554 g/mol. The number of hydrogen-bond donors (Lipinski definition) is 0. The van der Waals surface area contributed by atoms with Gasteiger partial charge >= 0.3 is 23.9 Å². The van der Waals surface area contributed by atoms with Gasteiger partial charge in [0.05, 0.1) is 0 Å². The van der Waals surface area contributed by atoms with Crippen LogP contribution < -0.4 is 9.47 Å². The summed E-state index contributed by atoms with van der Waals surface area (Å²) in [5.74, 6) is -2.10. The Hall–Kier alpha value is -5.24. The Morgan fingerprint density at radius 2 is 1.00 bits per heavy atom. The van der Waals surface area contributed by atoms with Crippen molar-refractivity contribution in [3.8, 4) is 33.8 Å². The molecule has 210 valence electrons. The summed E-state index contributed by atoms with van der Waals surface area (Å²) >= 11 is 0. The van der Waals surface area contributed by atoms with Crippen LogP contribution in [0.2, 0.25) is 0 Å². The van der Waals surface area contributed by atoms with Crippen molar-refractivity contribution in [3.63, 3.8) is 0 Å². The third kappa shape index (κ3) is 8.37. The average molecular weight is 555 g/mol. The minimum atomic E-state index is -0.750. The van der Waals surface area contributed by atoms with Gasteiger partial charge in [0.1, 0.15) is 30.3 Å². The molecule has 0 saturated heterocycles. The Kier molecular flexibility index (Phi) is 10.1. The summed E-state index contributed by atoms with van der Waals surface area (Å²) in [7, 11) is 0. The lowest BCUT2D eigenvalue weighted by atomic mass is 9.99. The molecule has 0 aromatic heterocycles. The molecule has 0 aliphatic rings. The van der Waals surface area contributed by atoms with Crippen LogP contribution in [-0.2, 0) is 23.9 Å². The molecule has 41 heavy (non-hydrogen) atoms. The van der Waals surface area contributed by atoms with Crippen molar-refractivity contribution in [1.82, 2.24) is 0 Å². The van der Waals surface area contributed by atoms with E-state index in [1.807, 2.05) is 36.4 Å². The van der Waals surface area contributed by atoms with Crippen molar-refractivity contribution < 1.29 is 38.1 Å². The maximum Gasteiger partial charge on any atom is 0.342 e. The highest BCUT2D eigenvalue weighted by Crippen LogP contribution is 2.31. The van der Waals surface area contributed by atoms with Crippen LogP contribution in [0.1, 0.15) is 31.1 Å². The second kappa shape index (κ2) is 13.7. The van der Waals surface area contributed by atoms with Gasteiger partial charge in [-0.2, -0.15) is 0 Å². The number of carbonyl (C=O) groups excluding carboxylic acids is 4. The van der Waals surface area contributed by atoms with Crippen molar-refractivity contribution in [3.05, 3.63) is 109 Å². The largest absolute Gasteiger partial charge is 0.459 e. The molecule has 0 amide bonds. The van der Waals surface area contributed by atoms with Crippen molar-refractivity contribution >= 4 is 23.9 Å². The lowest BCUT2D eigenvalue weighted by Crippen LogP contribution is -2.16. The van der Waals surface area contributed by atoms with E-state index in [1.54, 1.807) is 31.2 Å². The molecule has 0 aliphatic carbocycles. The molecule has 8 nitrogen and oxygen atoms in total. The number of carbonyl (C=O) groups is 4. The summed E-state index contributed by atoms with van der Waals surface area (Å²) in [4.78, 5) is 48.2. The van der Waals surface area contributed by atoms with E-state index >= 15 is 0 Å². The molecule has 0 bridgehead atoms. The Morgan fingerprint density at radius 3 is 1.54 bits per heavy atom. The lowest BCUT2D eigenvalue weighted by molar-refractivity contribution is -0.140. The van der Waals surface area contributed by atoms with Gasteiger partial charge in [0.15, 0.2) is 0 Å². The second-order valence-corrected chi connectivity index (χ2v) is 9.20. The minimum absolute atomic E-state index is 0.00315. The van der Waals surface area contributed by atoms with E-state index in [-0.39, 0.29) is 35.7 Å². The standard InChI is InChI=1S/C33H30O8/c1-20(2)30(34)38-17-18-39-33(37)28-16-13-26(19-29(28)41-32(36)22(5)6)25-9-7-23(8-10-25)24-11-14-27(15-12-24)40-31(35)21(3)4/h7-16,19H,1,3,5,17-18H2,2,4,6H3. The molecule has 8 heteroatoms. The van der Waals surface area contributed by atoms with E-state index < -0.39 is 23.9 Å². The highest BCUT2D eigenvalue weighted by Gasteiger charge is 2.19. The topological polar surface area (TPSA) is 105 Å². The van der Waals surface area contributed by atoms with Gasteiger partial charge in [0.2, 0.25) is 0 Å². The van der Waals surface area contributed by atoms with Crippen molar-refractivity contribution in [2.45, 2.75) is 20.8 Å². The third-order valence-electron chi connectivity index (χ3n) is 5.62.